The molecular formula is C17H24Ti. The fourth-order valence-electron chi connectivity index (χ4n) is 3.47. The van der Waals surface area contributed by atoms with E-state index in [0.717, 1.165) is 0 Å². The van der Waals surface area contributed by atoms with E-state index in [2.05, 4.69) is 53.7 Å². The molecule has 0 N–H and O–H groups in total. The first-order valence-electron chi connectivity index (χ1n) is 6.75. The van der Waals surface area contributed by atoms with Gasteiger partial charge in [0.2, 0.25) is 0 Å². The maximum absolute atomic E-state index is 2.47. The molecular weight excluding hydrogens is 252 g/mol. The minimum absolute atomic E-state index is 0.0129. The molecule has 1 heteroatoms. The molecule has 96 valence electrons. The van der Waals surface area contributed by atoms with Crippen LogP contribution in [0.3, 0.4) is 0 Å². The summed E-state index contributed by atoms with van der Waals surface area (Å²) in [5.41, 5.74) is 12.4. The maximum atomic E-state index is 2.47. The van der Waals surface area contributed by atoms with Crippen molar-refractivity contribution in [3.8, 4) is 0 Å². The monoisotopic (exact) mass is 276 g/mol. The fraction of sp³-hybridized carbons (Fsp3) is 0.529. The first-order valence-corrected chi connectivity index (χ1v) is 9.09. The molecule has 1 aromatic rings. The number of rotatable bonds is 1. The summed E-state index contributed by atoms with van der Waals surface area (Å²) in [6.45, 7) is 16.3. The van der Waals surface area contributed by atoms with Crippen LogP contribution in [0.15, 0.2) is 5.57 Å². The SMILES string of the molecule is [CH3][Ti][C]1(C)C(C)=C(C)c2c(C)c(C)c(C)c(C)c21. The zero-order chi connectivity index (χ0) is 13.8. The minimum atomic E-state index is 0.0129. The van der Waals surface area contributed by atoms with E-state index in [1.165, 1.54) is 22.3 Å². The summed E-state index contributed by atoms with van der Waals surface area (Å²) < 4.78 is 0.368. The van der Waals surface area contributed by atoms with Crippen LogP contribution in [0.2, 0.25) is 5.23 Å². The molecule has 18 heavy (non-hydrogen) atoms. The predicted molar refractivity (Wildman–Crippen MR) is 76.9 cm³/mol. The van der Waals surface area contributed by atoms with Gasteiger partial charge in [0.05, 0.1) is 0 Å². The standard InChI is InChI=1S/C16H21.CH3.Ti/c1-8-9(2)12(5)16-14(7)10(3)13(6)15(16)11(8)4;;/h1-7H3;1H3;. The third kappa shape index (κ3) is 1.55. The zero-order valence-corrected chi connectivity index (χ0v) is 14.6. The van der Waals surface area contributed by atoms with Gasteiger partial charge in [0.1, 0.15) is 0 Å². The number of fused-ring (bicyclic) bond motifs is 1. The van der Waals surface area contributed by atoms with Crippen LogP contribution in [0, 0.1) is 27.7 Å². The van der Waals surface area contributed by atoms with Gasteiger partial charge in [-0.05, 0) is 0 Å². The molecule has 1 atom stereocenters. The Morgan fingerprint density at radius 1 is 0.778 bits per heavy atom. The Bertz CT molecular complexity index is 564. The Morgan fingerprint density at radius 2 is 1.28 bits per heavy atom. The molecule has 0 aliphatic heterocycles. The van der Waals surface area contributed by atoms with Crippen molar-refractivity contribution in [3.63, 3.8) is 0 Å². The van der Waals surface area contributed by atoms with Gasteiger partial charge in [-0.25, -0.2) is 0 Å². The first kappa shape index (κ1) is 14.1. The number of hydrogen-bond acceptors (Lipinski definition) is 0. The Kier molecular flexibility index (Phi) is 3.41. The van der Waals surface area contributed by atoms with Crippen molar-refractivity contribution in [2.75, 3.05) is 0 Å². The van der Waals surface area contributed by atoms with E-state index in [4.69, 9.17) is 0 Å². The molecule has 0 radical (unpaired) electrons. The second-order valence-corrected chi connectivity index (χ2v) is 8.22. The molecule has 0 saturated carbocycles. The van der Waals surface area contributed by atoms with E-state index < -0.39 is 0 Å². The van der Waals surface area contributed by atoms with E-state index in [1.54, 1.807) is 22.3 Å². The third-order valence-corrected chi connectivity index (χ3v) is 7.91. The number of hydrogen-bond donors (Lipinski definition) is 0. The van der Waals surface area contributed by atoms with Crippen LogP contribution in [0.5, 0.6) is 0 Å². The van der Waals surface area contributed by atoms with Crippen molar-refractivity contribution in [1.82, 2.24) is 0 Å². The van der Waals surface area contributed by atoms with Crippen molar-refractivity contribution in [3.05, 3.63) is 39.0 Å². The second-order valence-electron chi connectivity index (χ2n) is 5.88. The van der Waals surface area contributed by atoms with E-state index in [-0.39, 0.29) is 19.2 Å². The van der Waals surface area contributed by atoms with Crippen LogP contribution in [0.1, 0.15) is 54.2 Å². The zero-order valence-electron chi connectivity index (χ0n) is 13.0. The van der Waals surface area contributed by atoms with Crippen LogP contribution in [0.4, 0.5) is 0 Å². The topological polar surface area (TPSA) is 0 Å². The Morgan fingerprint density at radius 3 is 1.78 bits per heavy atom. The van der Waals surface area contributed by atoms with Crippen LogP contribution >= 0.6 is 0 Å². The van der Waals surface area contributed by atoms with Crippen LogP contribution in [-0.2, 0) is 22.9 Å². The van der Waals surface area contributed by atoms with Crippen molar-refractivity contribution in [2.24, 2.45) is 0 Å². The molecule has 0 nitrogen and oxygen atoms in total. The molecule has 0 saturated heterocycles. The molecule has 0 heterocycles. The fourth-order valence-corrected chi connectivity index (χ4v) is 5.23. The van der Waals surface area contributed by atoms with Gasteiger partial charge in [0.25, 0.3) is 0 Å². The molecule has 1 aromatic carbocycles. The Labute approximate surface area is 121 Å². The molecule has 1 unspecified atom stereocenters. The molecule has 0 fully saturated rings. The second kappa shape index (κ2) is 4.35. The molecule has 1 aliphatic rings. The van der Waals surface area contributed by atoms with Gasteiger partial charge >= 0.3 is 121 Å². The third-order valence-electron chi connectivity index (χ3n) is 5.38. The predicted octanol–water partition coefficient (Wildman–Crippen LogP) is 5.07. The molecule has 0 spiro atoms. The van der Waals surface area contributed by atoms with Crippen LogP contribution < -0.4 is 0 Å². The van der Waals surface area contributed by atoms with Gasteiger partial charge in [-0.15, -0.1) is 0 Å². The summed E-state index contributed by atoms with van der Waals surface area (Å²) >= 11 is 0.0129. The summed E-state index contributed by atoms with van der Waals surface area (Å²) in [6, 6.07) is 0. The summed E-state index contributed by atoms with van der Waals surface area (Å²) in [6.07, 6.45) is 0. The number of allylic oxidation sites excluding steroid dienone is 2. The van der Waals surface area contributed by atoms with Crippen molar-refractivity contribution < 1.29 is 19.2 Å². The van der Waals surface area contributed by atoms with Crippen LogP contribution in [0.25, 0.3) is 5.57 Å². The first-order chi connectivity index (χ1) is 8.27. The van der Waals surface area contributed by atoms with E-state index in [1.807, 2.05) is 0 Å². The summed E-state index contributed by atoms with van der Waals surface area (Å²) in [7, 11) is 0. The average Bonchev–Trinajstić information content (AvgIpc) is 2.56. The van der Waals surface area contributed by atoms with Gasteiger partial charge in [0, 0.05) is 0 Å². The quantitative estimate of drug-likeness (QED) is 0.628. The Hall–Kier alpha value is -0.326. The summed E-state index contributed by atoms with van der Waals surface area (Å²) in [4.78, 5) is 0. The van der Waals surface area contributed by atoms with Crippen molar-refractivity contribution in [1.29, 1.82) is 0 Å². The molecule has 0 amide bonds. The van der Waals surface area contributed by atoms with E-state index in [0.29, 0.717) is 3.72 Å². The van der Waals surface area contributed by atoms with E-state index in [9.17, 15) is 0 Å². The average molecular weight is 276 g/mol. The Balaban J connectivity index is 2.95. The van der Waals surface area contributed by atoms with Crippen LogP contribution in [-0.4, -0.2) is 0 Å². The molecule has 2 rings (SSSR count). The molecule has 0 bridgehead atoms. The van der Waals surface area contributed by atoms with Gasteiger partial charge in [-0.1, -0.05) is 0 Å². The van der Waals surface area contributed by atoms with E-state index >= 15 is 0 Å². The van der Waals surface area contributed by atoms with Gasteiger partial charge < -0.3 is 0 Å². The summed E-state index contributed by atoms with van der Waals surface area (Å²) in [5, 5.41) is 2.44. The van der Waals surface area contributed by atoms with Gasteiger partial charge in [-0.2, -0.15) is 0 Å². The molecule has 1 aliphatic carbocycles. The normalized spacial score (nSPS) is 22.4. The van der Waals surface area contributed by atoms with Gasteiger partial charge in [0.15, 0.2) is 0 Å². The van der Waals surface area contributed by atoms with Gasteiger partial charge in [-0.3, -0.25) is 0 Å². The van der Waals surface area contributed by atoms with Crippen molar-refractivity contribution >= 4 is 5.57 Å². The molecule has 0 aromatic heterocycles. The summed E-state index contributed by atoms with van der Waals surface area (Å²) in [5.74, 6) is 0. The van der Waals surface area contributed by atoms with Crippen molar-refractivity contribution in [2.45, 2.75) is 57.4 Å². The number of benzene rings is 1.